The van der Waals surface area contributed by atoms with E-state index in [0.29, 0.717) is 36.2 Å². The number of aromatic nitrogens is 1. The van der Waals surface area contributed by atoms with Gasteiger partial charge >= 0.3 is 0 Å². The molecule has 8 nitrogen and oxygen atoms in total. The highest BCUT2D eigenvalue weighted by atomic mass is 35.5. The van der Waals surface area contributed by atoms with E-state index in [1.54, 1.807) is 15.5 Å². The summed E-state index contributed by atoms with van der Waals surface area (Å²) >= 11 is 6.82. The normalized spacial score (nSPS) is 20.2. The van der Waals surface area contributed by atoms with Crippen LogP contribution in [0.4, 0.5) is 14.5 Å². The van der Waals surface area contributed by atoms with Crippen LogP contribution in [0, 0.1) is 23.0 Å². The third-order valence-corrected chi connectivity index (χ3v) is 8.07. The van der Waals surface area contributed by atoms with Crippen molar-refractivity contribution in [1.29, 1.82) is 5.26 Å². The van der Waals surface area contributed by atoms with Crippen molar-refractivity contribution in [3.05, 3.63) is 69.5 Å². The van der Waals surface area contributed by atoms with E-state index in [0.717, 1.165) is 12.1 Å². The lowest BCUT2D eigenvalue weighted by Gasteiger charge is -2.46. The number of likely N-dealkylation sites (N-methyl/N-ethyl adjacent to an activating group) is 1. The first kappa shape index (κ1) is 28.6. The molecular formula is C30H30ClF2N5O3. The lowest BCUT2D eigenvalue weighted by atomic mass is 9.96. The molecule has 1 saturated heterocycles. The molecule has 11 heteroatoms. The number of hydrogen-bond donors (Lipinski definition) is 0. The standard InChI is InChI=1S/C30H30ClF2N5O3/c1-6-25(39)36-12-17(3)37(13-16(36)2)27-21-10-23(31)26(20-8-7-18(32)9-24(20)33)29-28(21)38(30(40)22(27)11-34)19(15-41-29)14-35(4)5/h6-10,16-17,19H,1,12-15H2,2-5H3/t16-,17+,19-/m1/s1. The first-order valence-electron chi connectivity index (χ1n) is 13.3. The zero-order valence-corrected chi connectivity index (χ0v) is 24.0. The van der Waals surface area contributed by atoms with Crippen LogP contribution in [0.1, 0.15) is 25.5 Å². The summed E-state index contributed by atoms with van der Waals surface area (Å²) in [5.41, 5.74) is 0.457. The van der Waals surface area contributed by atoms with Gasteiger partial charge in [-0.1, -0.05) is 18.2 Å². The van der Waals surface area contributed by atoms with Gasteiger partial charge in [0.1, 0.15) is 29.9 Å². The van der Waals surface area contributed by atoms with Crippen LogP contribution < -0.4 is 15.2 Å². The molecule has 1 aromatic heterocycles. The third-order valence-electron chi connectivity index (χ3n) is 7.78. The van der Waals surface area contributed by atoms with Crippen molar-refractivity contribution < 1.29 is 18.3 Å². The van der Waals surface area contributed by atoms with E-state index in [1.165, 1.54) is 12.1 Å². The lowest BCUT2D eigenvalue weighted by molar-refractivity contribution is -0.128. The summed E-state index contributed by atoms with van der Waals surface area (Å²) in [5, 5.41) is 11.0. The molecule has 0 saturated carbocycles. The fourth-order valence-electron chi connectivity index (χ4n) is 6.00. The SMILES string of the molecule is C=CC(=O)N1C[C@H](C)N(c2c(C#N)c(=O)n3c4c(c(-c5ccc(F)cc5F)c(Cl)cc24)OC[C@H]3CN(C)C)C[C@H]1C. The van der Waals surface area contributed by atoms with Crippen LogP contribution in [-0.2, 0) is 4.79 Å². The minimum atomic E-state index is -0.824. The highest BCUT2D eigenvalue weighted by Gasteiger charge is 2.37. The Balaban J connectivity index is 1.84. The monoisotopic (exact) mass is 581 g/mol. The van der Waals surface area contributed by atoms with Gasteiger partial charge in [-0.2, -0.15) is 5.26 Å². The number of rotatable bonds is 5. The average molecular weight is 582 g/mol. The van der Waals surface area contributed by atoms with Crippen molar-refractivity contribution >= 4 is 34.1 Å². The Morgan fingerprint density at radius 1 is 1.24 bits per heavy atom. The molecule has 2 aliphatic heterocycles. The van der Waals surface area contributed by atoms with Gasteiger partial charge in [-0.05, 0) is 52.2 Å². The summed E-state index contributed by atoms with van der Waals surface area (Å²) in [6.45, 7) is 8.62. The van der Waals surface area contributed by atoms with E-state index in [2.05, 4.69) is 12.6 Å². The second-order valence-electron chi connectivity index (χ2n) is 10.9. The van der Waals surface area contributed by atoms with E-state index in [-0.39, 0.29) is 52.1 Å². The first-order valence-corrected chi connectivity index (χ1v) is 13.6. The minimum absolute atomic E-state index is 0.0304. The second kappa shape index (κ2) is 10.8. The van der Waals surface area contributed by atoms with Crippen molar-refractivity contribution in [2.24, 2.45) is 0 Å². The molecule has 3 aromatic rings. The Morgan fingerprint density at radius 3 is 2.61 bits per heavy atom. The summed E-state index contributed by atoms with van der Waals surface area (Å²) in [6, 6.07) is 5.99. The number of halogens is 3. The molecule has 0 N–H and O–H groups in total. The Morgan fingerprint density at radius 2 is 1.98 bits per heavy atom. The molecule has 0 unspecified atom stereocenters. The summed E-state index contributed by atoms with van der Waals surface area (Å²) in [6.07, 6.45) is 1.27. The van der Waals surface area contributed by atoms with Crippen LogP contribution >= 0.6 is 11.6 Å². The van der Waals surface area contributed by atoms with E-state index < -0.39 is 23.2 Å². The third kappa shape index (κ3) is 4.73. The maximum Gasteiger partial charge on any atom is 0.271 e. The fraction of sp³-hybridized carbons (Fsp3) is 0.367. The summed E-state index contributed by atoms with van der Waals surface area (Å²) in [7, 11) is 3.73. The number of carbonyl (C=O) groups excluding carboxylic acids is 1. The van der Waals surface area contributed by atoms with Crippen LogP contribution in [0.25, 0.3) is 22.0 Å². The highest BCUT2D eigenvalue weighted by Crippen LogP contribution is 2.48. The maximum absolute atomic E-state index is 15.1. The smallest absolute Gasteiger partial charge is 0.271 e. The number of anilines is 1. The molecule has 0 aliphatic carbocycles. The van der Waals surface area contributed by atoms with Gasteiger partial charge in [0.25, 0.3) is 5.56 Å². The molecule has 0 bridgehead atoms. The lowest BCUT2D eigenvalue weighted by Crippen LogP contribution is -2.58. The number of amides is 1. The largest absolute Gasteiger partial charge is 0.488 e. The van der Waals surface area contributed by atoms with Crippen LogP contribution in [0.5, 0.6) is 5.75 Å². The zero-order chi connectivity index (χ0) is 29.7. The summed E-state index contributed by atoms with van der Waals surface area (Å²) in [4.78, 5) is 32.2. The minimum Gasteiger partial charge on any atom is -0.488 e. The van der Waals surface area contributed by atoms with Gasteiger partial charge in [-0.3, -0.25) is 14.2 Å². The van der Waals surface area contributed by atoms with Crippen molar-refractivity contribution in [3.8, 4) is 22.9 Å². The van der Waals surface area contributed by atoms with E-state index >= 15 is 4.39 Å². The Kier molecular flexibility index (Phi) is 7.53. The molecule has 3 heterocycles. The number of carbonyl (C=O) groups is 1. The Hall–Kier alpha value is -3.94. The fourth-order valence-corrected chi connectivity index (χ4v) is 6.29. The van der Waals surface area contributed by atoms with Gasteiger partial charge in [-0.15, -0.1) is 0 Å². The number of hydrogen-bond acceptors (Lipinski definition) is 6. The number of benzene rings is 2. The molecule has 0 radical (unpaired) electrons. The highest BCUT2D eigenvalue weighted by molar-refractivity contribution is 6.35. The Labute approximate surface area is 241 Å². The quantitative estimate of drug-likeness (QED) is 0.410. The van der Waals surface area contributed by atoms with Gasteiger partial charge in [0.15, 0.2) is 5.75 Å². The zero-order valence-electron chi connectivity index (χ0n) is 23.2. The molecule has 214 valence electrons. The van der Waals surface area contributed by atoms with Crippen molar-refractivity contribution in [1.82, 2.24) is 14.4 Å². The van der Waals surface area contributed by atoms with Crippen LogP contribution in [0.15, 0.2) is 41.7 Å². The molecule has 2 aliphatic rings. The first-order chi connectivity index (χ1) is 19.5. The second-order valence-corrected chi connectivity index (χ2v) is 11.3. The number of nitrogens with zero attached hydrogens (tertiary/aromatic N) is 5. The van der Waals surface area contributed by atoms with Gasteiger partial charge in [-0.25, -0.2) is 8.78 Å². The predicted octanol–water partition coefficient (Wildman–Crippen LogP) is 4.58. The van der Waals surface area contributed by atoms with Gasteiger partial charge < -0.3 is 19.4 Å². The molecule has 0 spiro atoms. The van der Waals surface area contributed by atoms with Crippen LogP contribution in [-0.4, -0.2) is 72.7 Å². The average Bonchev–Trinajstić information content (AvgIpc) is 2.92. The van der Waals surface area contributed by atoms with Crippen molar-refractivity contribution in [2.75, 3.05) is 45.2 Å². The molecule has 1 fully saturated rings. The number of pyridine rings is 1. The van der Waals surface area contributed by atoms with Gasteiger partial charge in [0.05, 0.1) is 22.3 Å². The molecule has 2 aromatic carbocycles. The molecule has 3 atom stereocenters. The number of piperazine rings is 1. The maximum atomic E-state index is 15.1. The molecular weight excluding hydrogens is 552 g/mol. The van der Waals surface area contributed by atoms with E-state index in [9.17, 15) is 19.2 Å². The van der Waals surface area contributed by atoms with Crippen LogP contribution in [0.2, 0.25) is 5.02 Å². The number of ether oxygens (including phenoxy) is 1. The van der Waals surface area contributed by atoms with Gasteiger partial charge in [0.2, 0.25) is 5.91 Å². The topological polar surface area (TPSA) is 81.8 Å². The summed E-state index contributed by atoms with van der Waals surface area (Å²) < 4.78 is 36.7. The Bertz CT molecular complexity index is 1680. The molecule has 41 heavy (non-hydrogen) atoms. The molecule has 1 amide bonds. The summed E-state index contributed by atoms with van der Waals surface area (Å²) in [5.74, 6) is -1.57. The van der Waals surface area contributed by atoms with Crippen LogP contribution in [0.3, 0.4) is 0 Å². The number of nitriles is 1. The van der Waals surface area contributed by atoms with Gasteiger partial charge in [0, 0.05) is 54.3 Å². The predicted molar refractivity (Wildman–Crippen MR) is 155 cm³/mol. The van der Waals surface area contributed by atoms with Crippen molar-refractivity contribution in [3.63, 3.8) is 0 Å². The van der Waals surface area contributed by atoms with E-state index in [4.69, 9.17) is 16.3 Å². The molecule has 5 rings (SSSR count). The van der Waals surface area contributed by atoms with Crippen molar-refractivity contribution in [2.45, 2.75) is 32.0 Å². The van der Waals surface area contributed by atoms with E-state index in [1.807, 2.05) is 37.7 Å².